The lowest BCUT2D eigenvalue weighted by Crippen LogP contribution is -2.31. The van der Waals surface area contributed by atoms with E-state index in [4.69, 9.17) is 4.98 Å². The zero-order chi connectivity index (χ0) is 17.6. The summed E-state index contributed by atoms with van der Waals surface area (Å²) in [6.07, 6.45) is 6.50. The first-order valence-electron chi connectivity index (χ1n) is 8.97. The van der Waals surface area contributed by atoms with Crippen molar-refractivity contribution in [3.63, 3.8) is 0 Å². The van der Waals surface area contributed by atoms with Crippen LogP contribution in [0.4, 0.5) is 5.95 Å². The molecule has 7 nitrogen and oxygen atoms in total. The molecule has 2 aliphatic heterocycles. The summed E-state index contributed by atoms with van der Waals surface area (Å²) in [5.74, 6) is 1.34. The Kier molecular flexibility index (Phi) is 4.17. The Morgan fingerprint density at radius 2 is 2.04 bits per heavy atom. The number of anilines is 1. The number of hydrogen-bond acceptors (Lipinski definition) is 6. The standard InChI is InChI=1S/C17H24N4O3S/c1-25(23,24)7-4-15(22)21-10-13-8-12-9-18-17(20-5-2-3-6-20)19-16(12)14(13)11-21/h9,13-14H,2-8,10-11H2,1H3. The van der Waals surface area contributed by atoms with Crippen molar-refractivity contribution >= 4 is 21.7 Å². The summed E-state index contributed by atoms with van der Waals surface area (Å²) in [5.41, 5.74) is 2.31. The fourth-order valence-electron chi connectivity index (χ4n) is 4.26. The molecule has 4 rings (SSSR count). The first-order chi connectivity index (χ1) is 11.9. The van der Waals surface area contributed by atoms with E-state index in [1.165, 1.54) is 24.7 Å². The van der Waals surface area contributed by atoms with Crippen LogP contribution < -0.4 is 4.90 Å². The zero-order valence-corrected chi connectivity index (χ0v) is 15.3. The van der Waals surface area contributed by atoms with E-state index in [0.717, 1.165) is 31.2 Å². The monoisotopic (exact) mass is 364 g/mol. The van der Waals surface area contributed by atoms with Gasteiger partial charge in [0, 0.05) is 51.0 Å². The van der Waals surface area contributed by atoms with Crippen LogP contribution in [-0.2, 0) is 21.1 Å². The molecule has 2 unspecified atom stereocenters. The van der Waals surface area contributed by atoms with Crippen LogP contribution in [0.2, 0.25) is 0 Å². The Morgan fingerprint density at radius 1 is 1.28 bits per heavy atom. The fraction of sp³-hybridized carbons (Fsp3) is 0.706. The normalized spacial score (nSPS) is 25.3. The Balaban J connectivity index is 1.46. The second-order valence-electron chi connectivity index (χ2n) is 7.52. The minimum atomic E-state index is -3.10. The topological polar surface area (TPSA) is 83.5 Å². The highest BCUT2D eigenvalue weighted by molar-refractivity contribution is 7.90. The van der Waals surface area contributed by atoms with Crippen molar-refractivity contribution in [2.75, 3.05) is 43.1 Å². The van der Waals surface area contributed by atoms with Crippen molar-refractivity contribution in [3.05, 3.63) is 17.5 Å². The number of amides is 1. The molecule has 0 spiro atoms. The van der Waals surface area contributed by atoms with Crippen molar-refractivity contribution in [1.29, 1.82) is 0 Å². The molecular formula is C17H24N4O3S. The second-order valence-corrected chi connectivity index (χ2v) is 9.78. The Bertz CT molecular complexity index is 789. The smallest absolute Gasteiger partial charge is 0.225 e. The Morgan fingerprint density at radius 3 is 2.76 bits per heavy atom. The highest BCUT2D eigenvalue weighted by atomic mass is 32.2. The van der Waals surface area contributed by atoms with Gasteiger partial charge in [0.25, 0.3) is 0 Å². The lowest BCUT2D eigenvalue weighted by molar-refractivity contribution is -0.129. The maximum Gasteiger partial charge on any atom is 0.225 e. The molecule has 1 aromatic rings. The van der Waals surface area contributed by atoms with E-state index in [9.17, 15) is 13.2 Å². The van der Waals surface area contributed by atoms with Crippen LogP contribution in [0.15, 0.2) is 6.20 Å². The summed E-state index contributed by atoms with van der Waals surface area (Å²) in [6.45, 7) is 3.38. The molecule has 2 fully saturated rings. The van der Waals surface area contributed by atoms with Gasteiger partial charge in [-0.15, -0.1) is 0 Å². The van der Waals surface area contributed by atoms with Gasteiger partial charge in [0.1, 0.15) is 9.84 Å². The van der Waals surface area contributed by atoms with E-state index >= 15 is 0 Å². The van der Waals surface area contributed by atoms with E-state index in [0.29, 0.717) is 19.0 Å². The summed E-state index contributed by atoms with van der Waals surface area (Å²) in [4.78, 5) is 25.8. The number of fused-ring (bicyclic) bond motifs is 3. The maximum atomic E-state index is 12.3. The third-order valence-electron chi connectivity index (χ3n) is 5.59. The van der Waals surface area contributed by atoms with Crippen LogP contribution in [0.25, 0.3) is 0 Å². The van der Waals surface area contributed by atoms with Gasteiger partial charge in [-0.3, -0.25) is 4.79 Å². The van der Waals surface area contributed by atoms with Crippen molar-refractivity contribution < 1.29 is 13.2 Å². The molecule has 3 aliphatic rings. The van der Waals surface area contributed by atoms with Crippen LogP contribution in [-0.4, -0.2) is 67.4 Å². The minimum absolute atomic E-state index is 0.0600. The molecule has 2 saturated heterocycles. The Labute approximate surface area is 148 Å². The molecule has 136 valence electrons. The molecular weight excluding hydrogens is 340 g/mol. The molecule has 0 bridgehead atoms. The van der Waals surface area contributed by atoms with Crippen LogP contribution in [0.3, 0.4) is 0 Å². The Hall–Kier alpha value is -1.70. The van der Waals surface area contributed by atoms with Crippen molar-refractivity contribution in [2.24, 2.45) is 5.92 Å². The quantitative estimate of drug-likeness (QED) is 0.778. The van der Waals surface area contributed by atoms with Gasteiger partial charge in [-0.05, 0) is 30.7 Å². The van der Waals surface area contributed by atoms with Crippen LogP contribution in [0, 0.1) is 5.92 Å². The molecule has 0 N–H and O–H groups in total. The minimum Gasteiger partial charge on any atom is -0.342 e. The van der Waals surface area contributed by atoms with E-state index in [-0.39, 0.29) is 24.0 Å². The number of nitrogens with zero attached hydrogens (tertiary/aromatic N) is 4. The van der Waals surface area contributed by atoms with Gasteiger partial charge in [-0.25, -0.2) is 18.4 Å². The van der Waals surface area contributed by atoms with Gasteiger partial charge in [0.15, 0.2) is 0 Å². The number of hydrogen-bond donors (Lipinski definition) is 0. The highest BCUT2D eigenvalue weighted by Crippen LogP contribution is 2.42. The number of likely N-dealkylation sites (tertiary alicyclic amines) is 1. The van der Waals surface area contributed by atoms with Crippen molar-refractivity contribution in [1.82, 2.24) is 14.9 Å². The largest absolute Gasteiger partial charge is 0.342 e. The summed E-state index contributed by atoms with van der Waals surface area (Å²) < 4.78 is 22.6. The van der Waals surface area contributed by atoms with Crippen molar-refractivity contribution in [2.45, 2.75) is 31.6 Å². The summed E-state index contributed by atoms with van der Waals surface area (Å²) >= 11 is 0. The first kappa shape index (κ1) is 16.8. The number of aromatic nitrogens is 2. The summed E-state index contributed by atoms with van der Waals surface area (Å²) in [7, 11) is -3.10. The van der Waals surface area contributed by atoms with Crippen LogP contribution in [0.5, 0.6) is 0 Å². The van der Waals surface area contributed by atoms with E-state index < -0.39 is 9.84 Å². The molecule has 2 atom stereocenters. The molecule has 1 aromatic heterocycles. The van der Waals surface area contributed by atoms with E-state index in [2.05, 4.69) is 9.88 Å². The average molecular weight is 364 g/mol. The molecule has 1 aliphatic carbocycles. The number of carbonyl (C=O) groups excluding carboxylic acids is 1. The van der Waals surface area contributed by atoms with Crippen LogP contribution >= 0.6 is 0 Å². The third kappa shape index (κ3) is 3.36. The molecule has 0 radical (unpaired) electrons. The van der Waals surface area contributed by atoms with Gasteiger partial charge < -0.3 is 9.80 Å². The van der Waals surface area contributed by atoms with Gasteiger partial charge >= 0.3 is 0 Å². The molecule has 8 heteroatoms. The maximum absolute atomic E-state index is 12.3. The average Bonchev–Trinajstić information content (AvgIpc) is 3.26. The predicted molar refractivity (Wildman–Crippen MR) is 94.3 cm³/mol. The molecule has 0 saturated carbocycles. The van der Waals surface area contributed by atoms with E-state index in [1.54, 1.807) is 0 Å². The number of carbonyl (C=O) groups is 1. The second kappa shape index (κ2) is 6.23. The van der Waals surface area contributed by atoms with Crippen molar-refractivity contribution in [3.8, 4) is 0 Å². The van der Waals surface area contributed by atoms with Gasteiger partial charge in [-0.2, -0.15) is 0 Å². The van der Waals surface area contributed by atoms with Gasteiger partial charge in [-0.1, -0.05) is 0 Å². The molecule has 3 heterocycles. The van der Waals surface area contributed by atoms with Crippen LogP contribution in [0.1, 0.15) is 36.4 Å². The summed E-state index contributed by atoms with van der Waals surface area (Å²) in [5, 5.41) is 0. The SMILES string of the molecule is CS(=O)(=O)CCC(=O)N1CC2Cc3cnc(N4CCCC4)nc3C2C1. The fourth-order valence-corrected chi connectivity index (χ4v) is 4.81. The molecule has 25 heavy (non-hydrogen) atoms. The third-order valence-corrected chi connectivity index (χ3v) is 6.53. The first-order valence-corrected chi connectivity index (χ1v) is 11.0. The van der Waals surface area contributed by atoms with E-state index in [1.807, 2.05) is 11.1 Å². The number of sulfone groups is 1. The molecule has 1 amide bonds. The predicted octanol–water partition coefficient (Wildman–Crippen LogP) is 0.610. The lowest BCUT2D eigenvalue weighted by Gasteiger charge is -2.19. The lowest BCUT2D eigenvalue weighted by atomic mass is 9.99. The highest BCUT2D eigenvalue weighted by Gasteiger charge is 2.43. The zero-order valence-electron chi connectivity index (χ0n) is 14.5. The van der Waals surface area contributed by atoms with Gasteiger partial charge in [0.2, 0.25) is 11.9 Å². The molecule has 0 aromatic carbocycles. The number of rotatable bonds is 4. The van der Waals surface area contributed by atoms with Gasteiger partial charge in [0.05, 0.1) is 11.4 Å². The summed E-state index contributed by atoms with van der Waals surface area (Å²) in [6, 6.07) is 0.